The number of carbonyl (C=O) groups is 1. The Morgan fingerprint density at radius 1 is 1.53 bits per heavy atom. The van der Waals surface area contributed by atoms with Gasteiger partial charge in [0.25, 0.3) is 0 Å². The van der Waals surface area contributed by atoms with Crippen LogP contribution in [0.4, 0.5) is 5.69 Å². The minimum absolute atomic E-state index is 0.185. The van der Waals surface area contributed by atoms with E-state index in [1.165, 1.54) is 23.9 Å². The molecule has 0 saturated carbocycles. The van der Waals surface area contributed by atoms with E-state index in [2.05, 4.69) is 10.3 Å². The SMILES string of the molecule is CC(=O)n1ncc2c(N=O)cc(Cl)cc21. The molecule has 0 amide bonds. The van der Waals surface area contributed by atoms with E-state index in [4.69, 9.17) is 11.6 Å². The number of nitrogens with zero attached hydrogens (tertiary/aromatic N) is 3. The average molecular weight is 224 g/mol. The quantitative estimate of drug-likeness (QED) is 0.699. The Morgan fingerprint density at radius 3 is 2.87 bits per heavy atom. The minimum atomic E-state index is -0.246. The molecule has 2 aromatic rings. The molecule has 1 heterocycles. The van der Waals surface area contributed by atoms with E-state index in [-0.39, 0.29) is 11.6 Å². The highest BCUT2D eigenvalue weighted by Gasteiger charge is 2.11. The zero-order valence-electron chi connectivity index (χ0n) is 7.77. The Labute approximate surface area is 89.6 Å². The second-order valence-corrected chi connectivity index (χ2v) is 3.46. The van der Waals surface area contributed by atoms with Crippen LogP contribution in [-0.4, -0.2) is 15.7 Å². The van der Waals surface area contributed by atoms with Crippen molar-refractivity contribution in [3.8, 4) is 0 Å². The van der Waals surface area contributed by atoms with Crippen LogP contribution in [-0.2, 0) is 0 Å². The van der Waals surface area contributed by atoms with Gasteiger partial charge in [0.05, 0.1) is 11.7 Å². The van der Waals surface area contributed by atoms with Gasteiger partial charge in [0.2, 0.25) is 5.91 Å². The molecule has 0 radical (unpaired) electrons. The Hall–Kier alpha value is -1.75. The van der Waals surface area contributed by atoms with Crippen molar-refractivity contribution >= 4 is 34.1 Å². The van der Waals surface area contributed by atoms with Gasteiger partial charge in [0, 0.05) is 17.3 Å². The molecule has 1 aromatic carbocycles. The summed E-state index contributed by atoms with van der Waals surface area (Å²) >= 11 is 5.78. The standard InChI is InChI=1S/C9H6ClN3O2/c1-5(14)13-9-3-6(10)2-8(12-15)7(9)4-11-13/h2-4H,1H3. The van der Waals surface area contributed by atoms with Gasteiger partial charge >= 0.3 is 0 Å². The molecule has 2 rings (SSSR count). The summed E-state index contributed by atoms with van der Waals surface area (Å²) in [7, 11) is 0. The number of rotatable bonds is 1. The first-order valence-electron chi connectivity index (χ1n) is 4.15. The van der Waals surface area contributed by atoms with Crippen LogP contribution in [0.15, 0.2) is 23.5 Å². The molecule has 0 aliphatic rings. The van der Waals surface area contributed by atoms with Crippen molar-refractivity contribution in [1.82, 2.24) is 9.78 Å². The Balaban J connectivity index is 2.86. The number of nitroso groups, excluding NO2 is 1. The lowest BCUT2D eigenvalue weighted by Gasteiger charge is -1.98. The first-order chi connectivity index (χ1) is 7.13. The van der Waals surface area contributed by atoms with Crippen molar-refractivity contribution in [3.63, 3.8) is 0 Å². The lowest BCUT2D eigenvalue weighted by molar-refractivity contribution is 0.0927. The molecular weight excluding hydrogens is 218 g/mol. The monoisotopic (exact) mass is 223 g/mol. The molecule has 0 N–H and O–H groups in total. The van der Waals surface area contributed by atoms with Gasteiger partial charge in [-0.05, 0) is 17.3 Å². The maximum absolute atomic E-state index is 11.2. The molecule has 6 heteroatoms. The third-order valence-corrected chi connectivity index (χ3v) is 2.25. The van der Waals surface area contributed by atoms with Gasteiger partial charge in [-0.3, -0.25) is 4.79 Å². The van der Waals surface area contributed by atoms with Crippen molar-refractivity contribution < 1.29 is 4.79 Å². The predicted molar refractivity (Wildman–Crippen MR) is 56.5 cm³/mol. The number of benzene rings is 1. The van der Waals surface area contributed by atoms with Gasteiger partial charge in [-0.25, -0.2) is 4.68 Å². The fraction of sp³-hybridized carbons (Fsp3) is 0.111. The summed E-state index contributed by atoms with van der Waals surface area (Å²) in [4.78, 5) is 21.7. The van der Waals surface area contributed by atoms with Gasteiger partial charge in [-0.1, -0.05) is 11.6 Å². The van der Waals surface area contributed by atoms with Gasteiger partial charge in [0.1, 0.15) is 5.69 Å². The summed E-state index contributed by atoms with van der Waals surface area (Å²) in [5.74, 6) is -0.246. The summed E-state index contributed by atoms with van der Waals surface area (Å²) in [6.45, 7) is 1.38. The molecule has 0 unspecified atom stereocenters. The summed E-state index contributed by atoms with van der Waals surface area (Å²) in [6.07, 6.45) is 1.42. The Morgan fingerprint density at radius 2 is 2.27 bits per heavy atom. The smallest absolute Gasteiger partial charge is 0.244 e. The van der Waals surface area contributed by atoms with E-state index in [0.717, 1.165) is 0 Å². The fourth-order valence-electron chi connectivity index (χ4n) is 1.40. The van der Waals surface area contributed by atoms with Gasteiger partial charge < -0.3 is 0 Å². The van der Waals surface area contributed by atoms with Crippen molar-refractivity contribution in [2.24, 2.45) is 5.18 Å². The Kier molecular flexibility index (Phi) is 2.24. The maximum atomic E-state index is 11.2. The fourth-order valence-corrected chi connectivity index (χ4v) is 1.61. The van der Waals surface area contributed by atoms with E-state index in [1.807, 2.05) is 0 Å². The molecule has 0 spiro atoms. The molecular formula is C9H6ClN3O2. The summed E-state index contributed by atoms with van der Waals surface area (Å²) in [6, 6.07) is 3.00. The van der Waals surface area contributed by atoms with Crippen LogP contribution in [0.3, 0.4) is 0 Å². The second kappa shape index (κ2) is 3.43. The van der Waals surface area contributed by atoms with Crippen molar-refractivity contribution in [2.45, 2.75) is 6.92 Å². The summed E-state index contributed by atoms with van der Waals surface area (Å²) < 4.78 is 1.18. The van der Waals surface area contributed by atoms with Gasteiger partial charge in [-0.15, -0.1) is 4.91 Å². The number of hydrogen-bond donors (Lipinski definition) is 0. The molecule has 5 nitrogen and oxygen atoms in total. The molecule has 0 fully saturated rings. The first kappa shape index (κ1) is 9.79. The summed E-state index contributed by atoms with van der Waals surface area (Å²) in [5, 5.41) is 7.55. The van der Waals surface area contributed by atoms with Gasteiger partial charge in [0.15, 0.2) is 0 Å². The van der Waals surface area contributed by atoms with E-state index < -0.39 is 0 Å². The lowest BCUT2D eigenvalue weighted by Crippen LogP contribution is -2.06. The maximum Gasteiger partial charge on any atom is 0.244 e. The van der Waals surface area contributed by atoms with Crippen LogP contribution in [0.2, 0.25) is 5.02 Å². The normalized spacial score (nSPS) is 10.5. The summed E-state index contributed by atoms with van der Waals surface area (Å²) in [5.41, 5.74) is 0.676. The number of halogens is 1. The number of carbonyl (C=O) groups excluding carboxylic acids is 1. The zero-order valence-corrected chi connectivity index (χ0v) is 8.52. The molecule has 0 aliphatic carbocycles. The van der Waals surface area contributed by atoms with Gasteiger partial charge in [-0.2, -0.15) is 5.10 Å². The van der Waals surface area contributed by atoms with Crippen LogP contribution >= 0.6 is 11.6 Å². The number of fused-ring (bicyclic) bond motifs is 1. The van der Waals surface area contributed by atoms with Crippen LogP contribution in [0.25, 0.3) is 10.9 Å². The van der Waals surface area contributed by atoms with Crippen molar-refractivity contribution in [3.05, 3.63) is 28.3 Å². The van der Waals surface area contributed by atoms with Crippen LogP contribution < -0.4 is 0 Å². The van der Waals surface area contributed by atoms with E-state index in [1.54, 1.807) is 6.07 Å². The highest BCUT2D eigenvalue weighted by molar-refractivity contribution is 6.31. The lowest BCUT2D eigenvalue weighted by atomic mass is 10.2. The topological polar surface area (TPSA) is 64.3 Å². The van der Waals surface area contributed by atoms with E-state index >= 15 is 0 Å². The molecule has 15 heavy (non-hydrogen) atoms. The van der Waals surface area contributed by atoms with Crippen LogP contribution in [0.1, 0.15) is 11.7 Å². The van der Waals surface area contributed by atoms with E-state index in [9.17, 15) is 9.70 Å². The van der Waals surface area contributed by atoms with Crippen molar-refractivity contribution in [1.29, 1.82) is 0 Å². The van der Waals surface area contributed by atoms with Crippen LogP contribution in [0.5, 0.6) is 0 Å². The second-order valence-electron chi connectivity index (χ2n) is 3.02. The molecule has 0 saturated heterocycles. The minimum Gasteiger partial charge on any atom is -0.273 e. The zero-order chi connectivity index (χ0) is 11.0. The molecule has 1 aromatic heterocycles. The molecule has 0 bridgehead atoms. The molecule has 76 valence electrons. The highest BCUT2D eigenvalue weighted by atomic mass is 35.5. The highest BCUT2D eigenvalue weighted by Crippen LogP contribution is 2.29. The first-order valence-corrected chi connectivity index (χ1v) is 4.53. The number of aromatic nitrogens is 2. The van der Waals surface area contributed by atoms with Crippen molar-refractivity contribution in [2.75, 3.05) is 0 Å². The molecule has 0 atom stereocenters. The Bertz CT molecular complexity index is 562. The number of hydrogen-bond acceptors (Lipinski definition) is 4. The molecule has 0 aliphatic heterocycles. The van der Waals surface area contributed by atoms with Crippen LogP contribution in [0, 0.1) is 4.91 Å². The third kappa shape index (κ3) is 1.50. The predicted octanol–water partition coefficient (Wildman–Crippen LogP) is 2.75. The largest absolute Gasteiger partial charge is 0.273 e. The third-order valence-electron chi connectivity index (χ3n) is 2.03. The van der Waals surface area contributed by atoms with E-state index in [0.29, 0.717) is 15.9 Å². The average Bonchev–Trinajstić information content (AvgIpc) is 2.59.